The SMILES string of the molecule is C=C/C=C\C=C(\C(=O)NC1CC2=C(C(/C=C\CCCF)=N/F)CN=C(C(=CC)S/C=C\C)N2C1)C(C)CC.Fc1cccc(Cl)c1. The Hall–Kier alpha value is -3.56. The summed E-state index contributed by atoms with van der Waals surface area (Å²) < 4.78 is 38.4. The Balaban J connectivity index is 0.000000797. The van der Waals surface area contributed by atoms with Gasteiger partial charge in [-0.1, -0.05) is 102 Å². The molecule has 1 fully saturated rings. The Morgan fingerprint density at radius 1 is 1.33 bits per heavy atom. The summed E-state index contributed by atoms with van der Waals surface area (Å²) in [6.07, 6.45) is 16.7. The maximum Gasteiger partial charge on any atom is 0.247 e. The lowest BCUT2D eigenvalue weighted by Gasteiger charge is -2.29. The van der Waals surface area contributed by atoms with Gasteiger partial charge in [-0.15, -0.1) is 0 Å². The van der Waals surface area contributed by atoms with Crippen LogP contribution >= 0.6 is 23.4 Å². The van der Waals surface area contributed by atoms with E-state index >= 15 is 0 Å². The molecule has 2 aliphatic heterocycles. The Bertz CT molecular complexity index is 1410. The number of amidine groups is 1. The molecule has 2 heterocycles. The van der Waals surface area contributed by atoms with E-state index in [1.54, 1.807) is 48.2 Å². The van der Waals surface area contributed by atoms with Crippen molar-refractivity contribution in [2.24, 2.45) is 16.1 Å². The van der Waals surface area contributed by atoms with Gasteiger partial charge in [0.25, 0.3) is 0 Å². The maximum absolute atomic E-state index is 13.8. The summed E-state index contributed by atoms with van der Waals surface area (Å²) in [5.41, 5.74) is 2.48. The fourth-order valence-electron chi connectivity index (χ4n) is 4.72. The molecule has 5 nitrogen and oxygen atoms in total. The second-order valence-electron chi connectivity index (χ2n) is 10.5. The molecule has 1 N–H and O–H groups in total. The first kappa shape index (κ1) is 38.6. The van der Waals surface area contributed by atoms with Gasteiger partial charge in [0.1, 0.15) is 17.4 Å². The van der Waals surface area contributed by atoms with Gasteiger partial charge in [-0.25, -0.2) is 4.39 Å². The average molecular weight is 673 g/mol. The number of alkyl halides is 1. The largest absolute Gasteiger partial charge is 0.347 e. The van der Waals surface area contributed by atoms with Crippen molar-refractivity contribution < 1.29 is 18.1 Å². The zero-order chi connectivity index (χ0) is 33.9. The van der Waals surface area contributed by atoms with Crippen LogP contribution in [0.1, 0.15) is 53.4 Å². The van der Waals surface area contributed by atoms with Crippen LogP contribution in [0.15, 0.2) is 117 Å². The first-order valence-corrected chi connectivity index (χ1v) is 16.6. The van der Waals surface area contributed by atoms with Crippen LogP contribution in [0.25, 0.3) is 0 Å². The van der Waals surface area contributed by atoms with Gasteiger partial charge in [-0.05, 0) is 68.7 Å². The van der Waals surface area contributed by atoms with Crippen LogP contribution in [-0.4, -0.2) is 48.2 Å². The van der Waals surface area contributed by atoms with Gasteiger partial charge in [0, 0.05) is 39.7 Å². The van der Waals surface area contributed by atoms with Gasteiger partial charge in [0.15, 0.2) is 0 Å². The standard InChI is InChI=1S/C30H40F2N4OS.C6H4ClF/c1-6-10-12-15-24(22(5)8-3)30(37)34-23-19-27-25(26(35-32)16-13-11-14-17-31)20-33-29(36(27)21-23)28(9-4)38-18-7-2;7-5-2-1-3-6(8)4-5/h6-7,9-10,12-13,15-16,18,22-23H,1,8,11,14,17,19-21H2,2-5H3,(H,34,37);1-4H/b12-10-,16-13-,18-7-,24-15+,28-9?,35-26+;. The van der Waals surface area contributed by atoms with E-state index in [4.69, 9.17) is 16.6 Å². The fourth-order valence-corrected chi connectivity index (χ4v) is 5.59. The highest BCUT2D eigenvalue weighted by atomic mass is 35.5. The third-order valence-corrected chi connectivity index (χ3v) is 8.52. The lowest BCUT2D eigenvalue weighted by molar-refractivity contribution is -0.118. The van der Waals surface area contributed by atoms with E-state index in [-0.39, 0.29) is 35.9 Å². The second kappa shape index (κ2) is 21.3. The Morgan fingerprint density at radius 3 is 2.70 bits per heavy atom. The van der Waals surface area contributed by atoms with Crippen molar-refractivity contribution in [3.63, 3.8) is 0 Å². The van der Waals surface area contributed by atoms with Crippen LogP contribution in [0.2, 0.25) is 5.02 Å². The number of unbranched alkanes of at least 4 members (excludes halogenated alkanes) is 1. The normalized spacial score (nSPS) is 18.2. The Kier molecular flexibility index (Phi) is 17.9. The first-order valence-electron chi connectivity index (χ1n) is 15.4. The van der Waals surface area contributed by atoms with Crippen LogP contribution < -0.4 is 5.32 Å². The summed E-state index contributed by atoms with van der Waals surface area (Å²) in [7, 11) is 0. The summed E-state index contributed by atoms with van der Waals surface area (Å²) in [5.74, 6) is 0.486. The van der Waals surface area contributed by atoms with Gasteiger partial charge in [0.05, 0.1) is 19.3 Å². The molecule has 10 heteroatoms. The molecule has 2 unspecified atom stereocenters. The van der Waals surface area contributed by atoms with Gasteiger partial charge >= 0.3 is 0 Å². The molecule has 1 saturated heterocycles. The number of nitrogens with one attached hydrogen (secondary N) is 1. The number of hydrogen-bond acceptors (Lipinski definition) is 5. The second-order valence-corrected chi connectivity index (χ2v) is 11.9. The molecule has 0 saturated carbocycles. The number of thioether (sulfide) groups is 1. The molecule has 1 aromatic rings. The quantitative estimate of drug-likeness (QED) is 0.0926. The van der Waals surface area contributed by atoms with Crippen LogP contribution in [0.3, 0.4) is 0 Å². The summed E-state index contributed by atoms with van der Waals surface area (Å²) in [6.45, 7) is 12.1. The minimum absolute atomic E-state index is 0.0898. The molecule has 0 spiro atoms. The van der Waals surface area contributed by atoms with E-state index in [0.717, 1.165) is 22.9 Å². The summed E-state index contributed by atoms with van der Waals surface area (Å²) in [4.78, 5) is 21.2. The number of hydrogen-bond donors (Lipinski definition) is 1. The van der Waals surface area contributed by atoms with Crippen LogP contribution in [-0.2, 0) is 4.79 Å². The fraction of sp³-hybridized carbons (Fsp3) is 0.361. The van der Waals surface area contributed by atoms with Crippen molar-refractivity contribution in [2.45, 2.75) is 59.4 Å². The van der Waals surface area contributed by atoms with Crippen molar-refractivity contribution in [3.8, 4) is 0 Å². The zero-order valence-corrected chi connectivity index (χ0v) is 28.6. The summed E-state index contributed by atoms with van der Waals surface area (Å²) in [5, 5.41) is 8.67. The first-order chi connectivity index (χ1) is 22.2. The number of aliphatic imine (C=N–C) groups is 1. The van der Waals surface area contributed by atoms with E-state index in [0.29, 0.717) is 42.0 Å². The molecule has 1 amide bonds. The topological polar surface area (TPSA) is 57.1 Å². The van der Waals surface area contributed by atoms with Gasteiger partial charge in [-0.3, -0.25) is 14.2 Å². The number of rotatable bonds is 14. The van der Waals surface area contributed by atoms with E-state index in [2.05, 4.69) is 28.9 Å². The van der Waals surface area contributed by atoms with Crippen molar-refractivity contribution in [1.29, 1.82) is 0 Å². The predicted molar refractivity (Wildman–Crippen MR) is 190 cm³/mol. The number of carbonyl (C=O) groups excluding carboxylic acids is 1. The Morgan fingerprint density at radius 2 is 2.11 bits per heavy atom. The van der Waals surface area contributed by atoms with Crippen molar-refractivity contribution in [2.75, 3.05) is 19.8 Å². The third-order valence-electron chi connectivity index (χ3n) is 7.20. The minimum atomic E-state index is -0.421. The predicted octanol–water partition coefficient (Wildman–Crippen LogP) is 9.84. The highest BCUT2D eigenvalue weighted by Crippen LogP contribution is 2.34. The molecule has 2 atom stereocenters. The lowest BCUT2D eigenvalue weighted by atomic mass is 9.96. The monoisotopic (exact) mass is 672 g/mol. The lowest BCUT2D eigenvalue weighted by Crippen LogP contribution is -2.40. The molecule has 1 aromatic carbocycles. The maximum atomic E-state index is 13.8. The molecule has 0 aliphatic carbocycles. The number of nitrogens with zero attached hydrogens (tertiary/aromatic N) is 3. The van der Waals surface area contributed by atoms with Gasteiger partial charge < -0.3 is 10.2 Å². The minimum Gasteiger partial charge on any atom is -0.347 e. The summed E-state index contributed by atoms with van der Waals surface area (Å²) >= 11 is 6.97. The Labute approximate surface area is 281 Å². The van der Waals surface area contributed by atoms with Gasteiger partial charge in [-0.2, -0.15) is 0 Å². The molecule has 3 rings (SSSR count). The molecule has 0 aromatic heterocycles. The van der Waals surface area contributed by atoms with Crippen LogP contribution in [0.5, 0.6) is 0 Å². The number of fused-ring (bicyclic) bond motifs is 1. The van der Waals surface area contributed by atoms with E-state index in [9.17, 15) is 18.1 Å². The summed E-state index contributed by atoms with van der Waals surface area (Å²) in [6, 6.07) is 5.63. The molecule has 46 heavy (non-hydrogen) atoms. The van der Waals surface area contributed by atoms with E-state index in [1.165, 1.54) is 12.1 Å². The van der Waals surface area contributed by atoms with E-state index in [1.807, 2.05) is 50.5 Å². The van der Waals surface area contributed by atoms with Crippen LogP contribution in [0, 0.1) is 11.7 Å². The number of halogens is 4. The van der Waals surface area contributed by atoms with E-state index < -0.39 is 6.67 Å². The average Bonchev–Trinajstić information content (AvgIpc) is 3.47. The number of amides is 1. The number of carbonyl (C=O) groups is 1. The van der Waals surface area contributed by atoms with Crippen molar-refractivity contribution in [1.82, 2.24) is 10.2 Å². The smallest absolute Gasteiger partial charge is 0.247 e. The molecular formula is C36H44ClF3N4OS. The molecule has 0 bridgehead atoms. The molecule has 2 aliphatic rings. The molecule has 248 valence electrons. The van der Waals surface area contributed by atoms with Crippen molar-refractivity contribution >= 4 is 40.8 Å². The van der Waals surface area contributed by atoms with Gasteiger partial charge in [0.2, 0.25) is 5.91 Å². The highest BCUT2D eigenvalue weighted by molar-refractivity contribution is 8.06. The highest BCUT2D eigenvalue weighted by Gasteiger charge is 2.37. The van der Waals surface area contributed by atoms with Crippen LogP contribution in [0.4, 0.5) is 13.3 Å². The number of allylic oxidation sites excluding steroid dienone is 8. The zero-order valence-electron chi connectivity index (χ0n) is 27.0. The number of benzene rings is 1. The molecular weight excluding hydrogens is 629 g/mol. The third kappa shape index (κ3) is 12.0. The molecule has 0 radical (unpaired) electrons. The van der Waals surface area contributed by atoms with Crippen molar-refractivity contribution in [3.05, 3.63) is 117 Å².